The molecule has 0 rings (SSSR count). The van der Waals surface area contributed by atoms with Crippen LogP contribution in [0.2, 0.25) is 0 Å². The van der Waals surface area contributed by atoms with Crippen molar-refractivity contribution in [2.45, 2.75) is 96.1 Å². The van der Waals surface area contributed by atoms with Crippen LogP contribution in [-0.4, -0.2) is 45.9 Å². The molecule has 6 nitrogen and oxygen atoms in total. The molecule has 0 aliphatic heterocycles. The fraction of sp³-hybridized carbons (Fsp3) is 0.889. The summed E-state index contributed by atoms with van der Waals surface area (Å²) in [6.45, 7) is 1.90. The van der Waals surface area contributed by atoms with Crippen LogP contribution in [0.5, 0.6) is 0 Å². The number of nitrogens with one attached hydrogen (secondary N) is 1. The molecular weight excluding hydrogens is 310 g/mol. The summed E-state index contributed by atoms with van der Waals surface area (Å²) in [5.41, 5.74) is 0. The van der Waals surface area contributed by atoms with Gasteiger partial charge in [0.25, 0.3) is 0 Å². The zero-order valence-electron chi connectivity index (χ0n) is 15.0. The second kappa shape index (κ2) is 15.4. The normalized spacial score (nSPS) is 13.5. The Kier molecular flexibility index (Phi) is 14.7. The summed E-state index contributed by atoms with van der Waals surface area (Å²) in [5.74, 6) is -1.66. The number of carboxylic acids is 1. The lowest BCUT2D eigenvalue weighted by Gasteiger charge is -2.15. The fourth-order valence-corrected chi connectivity index (χ4v) is 2.65. The number of hydrogen-bond acceptors (Lipinski definition) is 4. The Hall–Kier alpha value is -1.14. The predicted molar refractivity (Wildman–Crippen MR) is 93.7 cm³/mol. The summed E-state index contributed by atoms with van der Waals surface area (Å²) in [5, 5.41) is 29.8. The Balaban J connectivity index is 3.65. The summed E-state index contributed by atoms with van der Waals surface area (Å²) in [6.07, 6.45) is 10.5. The molecule has 1 unspecified atom stereocenters. The third-order valence-corrected chi connectivity index (χ3v) is 4.11. The van der Waals surface area contributed by atoms with Gasteiger partial charge in [0, 0.05) is 13.0 Å². The molecule has 0 fully saturated rings. The van der Waals surface area contributed by atoms with E-state index in [2.05, 4.69) is 12.2 Å². The number of aliphatic hydroxyl groups excluding tert-OH is 2. The molecule has 0 saturated heterocycles. The SMILES string of the molecule is CCCCCCCCCCCC(O)CC(=O)N[C@@H](CCO)C(=O)O. The third-order valence-electron chi connectivity index (χ3n) is 4.11. The van der Waals surface area contributed by atoms with Gasteiger partial charge in [0.1, 0.15) is 6.04 Å². The molecule has 6 heteroatoms. The van der Waals surface area contributed by atoms with E-state index in [0.717, 1.165) is 19.3 Å². The largest absolute Gasteiger partial charge is 0.480 e. The van der Waals surface area contributed by atoms with Crippen molar-refractivity contribution in [1.29, 1.82) is 0 Å². The number of aliphatic hydroxyl groups is 2. The number of rotatable bonds is 16. The lowest BCUT2D eigenvalue weighted by molar-refractivity contribution is -0.142. The van der Waals surface area contributed by atoms with Crippen LogP contribution >= 0.6 is 0 Å². The Morgan fingerprint density at radius 2 is 1.46 bits per heavy atom. The summed E-state index contributed by atoms with van der Waals surface area (Å²) < 4.78 is 0. The van der Waals surface area contributed by atoms with Gasteiger partial charge in [-0.3, -0.25) is 4.79 Å². The number of hydrogen-bond donors (Lipinski definition) is 4. The molecule has 0 aliphatic rings. The number of carbonyl (C=O) groups excluding carboxylic acids is 1. The van der Waals surface area contributed by atoms with E-state index < -0.39 is 24.0 Å². The van der Waals surface area contributed by atoms with E-state index in [4.69, 9.17) is 10.2 Å². The maximum absolute atomic E-state index is 11.7. The van der Waals surface area contributed by atoms with Crippen LogP contribution in [-0.2, 0) is 9.59 Å². The molecular formula is C18H35NO5. The highest BCUT2D eigenvalue weighted by atomic mass is 16.4. The minimum Gasteiger partial charge on any atom is -0.480 e. The molecule has 0 aromatic heterocycles. The predicted octanol–water partition coefficient (Wildman–Crippen LogP) is 2.61. The van der Waals surface area contributed by atoms with Crippen LogP contribution in [0.4, 0.5) is 0 Å². The molecule has 0 saturated carbocycles. The average molecular weight is 345 g/mol. The van der Waals surface area contributed by atoms with Crippen molar-refractivity contribution in [2.24, 2.45) is 0 Å². The van der Waals surface area contributed by atoms with Crippen molar-refractivity contribution in [3.63, 3.8) is 0 Å². The average Bonchev–Trinajstić information content (AvgIpc) is 2.52. The molecule has 0 bridgehead atoms. The van der Waals surface area contributed by atoms with E-state index >= 15 is 0 Å². The second-order valence-electron chi connectivity index (χ2n) is 6.45. The highest BCUT2D eigenvalue weighted by Crippen LogP contribution is 2.12. The maximum Gasteiger partial charge on any atom is 0.326 e. The molecule has 0 radical (unpaired) electrons. The molecule has 4 N–H and O–H groups in total. The van der Waals surface area contributed by atoms with E-state index in [0.29, 0.717) is 6.42 Å². The van der Waals surface area contributed by atoms with Crippen molar-refractivity contribution in [2.75, 3.05) is 6.61 Å². The van der Waals surface area contributed by atoms with Crippen LogP contribution in [0.25, 0.3) is 0 Å². The molecule has 1 amide bonds. The van der Waals surface area contributed by atoms with Crippen molar-refractivity contribution < 1.29 is 24.9 Å². The van der Waals surface area contributed by atoms with Gasteiger partial charge in [-0.25, -0.2) is 4.79 Å². The highest BCUT2D eigenvalue weighted by Gasteiger charge is 2.20. The smallest absolute Gasteiger partial charge is 0.326 e. The lowest BCUT2D eigenvalue weighted by atomic mass is 10.0. The first-order chi connectivity index (χ1) is 11.5. The second-order valence-corrected chi connectivity index (χ2v) is 6.45. The van der Waals surface area contributed by atoms with Crippen molar-refractivity contribution in [3.05, 3.63) is 0 Å². The first-order valence-corrected chi connectivity index (χ1v) is 9.32. The van der Waals surface area contributed by atoms with Gasteiger partial charge in [0.2, 0.25) is 5.91 Å². The van der Waals surface area contributed by atoms with Gasteiger partial charge in [-0.15, -0.1) is 0 Å². The Bertz CT molecular complexity index is 335. The van der Waals surface area contributed by atoms with Crippen LogP contribution < -0.4 is 5.32 Å². The fourth-order valence-electron chi connectivity index (χ4n) is 2.65. The Morgan fingerprint density at radius 1 is 0.917 bits per heavy atom. The number of aliphatic carboxylic acids is 1. The zero-order valence-corrected chi connectivity index (χ0v) is 15.0. The standard InChI is InChI=1S/C18H35NO5/c1-2-3-4-5-6-7-8-9-10-11-15(21)14-17(22)19-16(12-13-20)18(23)24/h15-16,20-21H,2-14H2,1H3,(H,19,22)(H,23,24)/t15?,16-/m0/s1. The van der Waals surface area contributed by atoms with Gasteiger partial charge in [0.05, 0.1) is 12.5 Å². The van der Waals surface area contributed by atoms with Gasteiger partial charge in [-0.2, -0.15) is 0 Å². The molecule has 0 aliphatic carbocycles. The minimum atomic E-state index is -1.18. The van der Waals surface area contributed by atoms with E-state index in [1.54, 1.807) is 0 Å². The molecule has 0 heterocycles. The quantitative estimate of drug-likeness (QED) is 0.322. The number of carboxylic acid groups (broad SMARTS) is 1. The van der Waals surface area contributed by atoms with Gasteiger partial charge >= 0.3 is 5.97 Å². The van der Waals surface area contributed by atoms with Gasteiger partial charge in [-0.1, -0.05) is 64.7 Å². The third kappa shape index (κ3) is 13.3. The van der Waals surface area contributed by atoms with E-state index in [1.165, 1.54) is 38.5 Å². The molecule has 0 aromatic rings. The minimum absolute atomic E-state index is 0.0323. The van der Waals surface area contributed by atoms with Crippen molar-refractivity contribution >= 4 is 11.9 Å². The van der Waals surface area contributed by atoms with Crippen LogP contribution in [0.15, 0.2) is 0 Å². The van der Waals surface area contributed by atoms with Gasteiger partial charge in [0.15, 0.2) is 0 Å². The van der Waals surface area contributed by atoms with Crippen molar-refractivity contribution in [1.82, 2.24) is 5.32 Å². The summed E-state index contributed by atoms with van der Waals surface area (Å²) in [7, 11) is 0. The van der Waals surface area contributed by atoms with Crippen LogP contribution in [0.1, 0.15) is 84.0 Å². The first kappa shape index (κ1) is 22.9. The number of carbonyl (C=O) groups is 2. The number of unbranched alkanes of at least 4 members (excludes halogenated alkanes) is 8. The monoisotopic (exact) mass is 345 g/mol. The summed E-state index contributed by atoms with van der Waals surface area (Å²) >= 11 is 0. The molecule has 24 heavy (non-hydrogen) atoms. The van der Waals surface area contributed by atoms with E-state index in [1.807, 2.05) is 0 Å². The summed E-state index contributed by atoms with van der Waals surface area (Å²) in [6, 6.07) is -1.09. The van der Waals surface area contributed by atoms with Crippen LogP contribution in [0.3, 0.4) is 0 Å². The lowest BCUT2D eigenvalue weighted by Crippen LogP contribution is -2.42. The topological polar surface area (TPSA) is 107 Å². The van der Waals surface area contributed by atoms with Crippen molar-refractivity contribution in [3.8, 4) is 0 Å². The zero-order chi connectivity index (χ0) is 18.2. The molecule has 0 spiro atoms. The number of amides is 1. The summed E-state index contributed by atoms with van der Waals surface area (Å²) in [4.78, 5) is 22.6. The highest BCUT2D eigenvalue weighted by molar-refractivity contribution is 5.83. The van der Waals surface area contributed by atoms with E-state index in [-0.39, 0.29) is 19.4 Å². The van der Waals surface area contributed by atoms with E-state index in [9.17, 15) is 14.7 Å². The van der Waals surface area contributed by atoms with Gasteiger partial charge < -0.3 is 20.6 Å². The Labute approximate surface area is 145 Å². The Morgan fingerprint density at radius 3 is 1.96 bits per heavy atom. The van der Waals surface area contributed by atoms with Crippen LogP contribution in [0, 0.1) is 0 Å². The molecule has 0 aromatic carbocycles. The molecule has 2 atom stereocenters. The molecule has 142 valence electrons. The maximum atomic E-state index is 11.7. The van der Waals surface area contributed by atoms with Gasteiger partial charge in [-0.05, 0) is 6.42 Å². The first-order valence-electron chi connectivity index (χ1n) is 9.32.